The number of nitrogens with two attached hydrogens (primary N) is 1. The first-order valence-electron chi connectivity index (χ1n) is 21.2. The maximum Gasteiger partial charge on any atom is 0.0390 e. The van der Waals surface area contributed by atoms with Gasteiger partial charge >= 0.3 is 0 Å². The Morgan fingerprint density at radius 2 is 1.20 bits per heavy atom. The highest BCUT2D eigenvalue weighted by Gasteiger charge is 2.19. The van der Waals surface area contributed by atoms with Crippen LogP contribution >= 0.6 is 0 Å². The van der Waals surface area contributed by atoms with Crippen LogP contribution in [0.1, 0.15) is 53.1 Å². The van der Waals surface area contributed by atoms with E-state index in [4.69, 9.17) is 5.73 Å². The molecular weight excluding hydrogens is 735 g/mol. The van der Waals surface area contributed by atoms with E-state index < -0.39 is 0 Å². The standard InChI is InChI=1S/C31H33N.C25H18.C4H6/c1-4-10-26(11-5-2)27-18-20-28(21-19-27)30(17-16-25-13-9-12-24(3)22-25)23-31(32)29-14-7-6-8-15-29;1-3-7-18(8-4-1)20-11-13-22-15-23-14-12-21(17-25(23)24(22)16-20)19-9-5-2-6-10-19;1-3-4-2/h4-5,7,9-15,17-23H,1,6,8,16,32H2,2-3H3;1-14,16-17H,15H2;3-4H,1-2H2/b11-5-,26-10+,30-17+,31-23-;;. The van der Waals surface area contributed by atoms with E-state index in [1.54, 1.807) is 12.2 Å². The summed E-state index contributed by atoms with van der Waals surface area (Å²) < 4.78 is 0. The quantitative estimate of drug-likeness (QED) is 0.130. The molecule has 302 valence electrons. The monoisotopic (exact) mass is 791 g/mol. The highest BCUT2D eigenvalue weighted by molar-refractivity contribution is 5.85. The molecule has 0 aromatic heterocycles. The van der Waals surface area contributed by atoms with E-state index in [1.807, 2.05) is 25.2 Å². The second kappa shape index (κ2) is 22.2. The van der Waals surface area contributed by atoms with E-state index in [-0.39, 0.29) is 0 Å². The molecule has 0 saturated heterocycles. The minimum absolute atomic E-state index is 0.807. The fourth-order valence-electron chi connectivity index (χ4n) is 7.60. The molecule has 1 heteroatoms. The van der Waals surface area contributed by atoms with Crippen LogP contribution in [0.25, 0.3) is 44.5 Å². The summed E-state index contributed by atoms with van der Waals surface area (Å²) in [7, 11) is 0. The molecule has 0 saturated carbocycles. The highest BCUT2D eigenvalue weighted by Crippen LogP contribution is 2.41. The molecule has 0 bridgehead atoms. The molecule has 2 aliphatic rings. The topological polar surface area (TPSA) is 26.0 Å². The van der Waals surface area contributed by atoms with Gasteiger partial charge in [-0.15, -0.1) is 0 Å². The van der Waals surface area contributed by atoms with Crippen molar-refractivity contribution in [3.05, 3.63) is 277 Å². The molecule has 0 unspecified atom stereocenters. The maximum absolute atomic E-state index is 6.51. The van der Waals surface area contributed by atoms with Gasteiger partial charge in [0.2, 0.25) is 0 Å². The van der Waals surface area contributed by atoms with Crippen molar-refractivity contribution in [1.29, 1.82) is 0 Å². The van der Waals surface area contributed by atoms with Crippen molar-refractivity contribution in [3.8, 4) is 33.4 Å². The lowest BCUT2D eigenvalue weighted by Crippen LogP contribution is -2.02. The van der Waals surface area contributed by atoms with Crippen molar-refractivity contribution >= 4 is 11.1 Å². The molecule has 0 radical (unpaired) electrons. The Balaban J connectivity index is 0.000000191. The number of rotatable bonds is 11. The zero-order valence-electron chi connectivity index (χ0n) is 35.7. The van der Waals surface area contributed by atoms with Crippen LogP contribution in [0, 0.1) is 6.92 Å². The molecule has 1 nitrogen and oxygen atoms in total. The van der Waals surface area contributed by atoms with Gasteiger partial charge in [-0.05, 0) is 136 Å². The summed E-state index contributed by atoms with van der Waals surface area (Å²) in [5.41, 5.74) is 26.4. The lowest BCUT2D eigenvalue weighted by molar-refractivity contribution is 1.02. The van der Waals surface area contributed by atoms with Crippen molar-refractivity contribution in [2.24, 2.45) is 5.73 Å². The summed E-state index contributed by atoms with van der Waals surface area (Å²) in [6.45, 7) is 14.7. The second-order valence-electron chi connectivity index (χ2n) is 15.2. The van der Waals surface area contributed by atoms with Crippen LogP contribution in [0.15, 0.2) is 243 Å². The molecule has 8 rings (SSSR count). The molecular formula is C60H57N. The summed E-state index contributed by atoms with van der Waals surface area (Å²) in [5, 5.41) is 0. The van der Waals surface area contributed by atoms with Gasteiger partial charge in [-0.3, -0.25) is 0 Å². The van der Waals surface area contributed by atoms with Crippen LogP contribution in [0.3, 0.4) is 0 Å². The fraction of sp³-hybridized carbons (Fsp3) is 0.100. The molecule has 61 heavy (non-hydrogen) atoms. The van der Waals surface area contributed by atoms with Crippen molar-refractivity contribution in [2.45, 2.75) is 39.5 Å². The van der Waals surface area contributed by atoms with Crippen LogP contribution in [0.2, 0.25) is 0 Å². The first kappa shape index (κ1) is 43.4. The van der Waals surface area contributed by atoms with E-state index in [9.17, 15) is 0 Å². The van der Waals surface area contributed by atoms with Crippen molar-refractivity contribution < 1.29 is 0 Å². The van der Waals surface area contributed by atoms with Gasteiger partial charge < -0.3 is 5.73 Å². The first-order valence-corrected chi connectivity index (χ1v) is 21.2. The zero-order chi connectivity index (χ0) is 42.8. The Morgan fingerprint density at radius 1 is 0.607 bits per heavy atom. The molecule has 2 N–H and O–H groups in total. The van der Waals surface area contributed by atoms with Crippen LogP contribution in [0.5, 0.6) is 0 Å². The van der Waals surface area contributed by atoms with Gasteiger partial charge in [0.25, 0.3) is 0 Å². The minimum atomic E-state index is 0.807. The summed E-state index contributed by atoms with van der Waals surface area (Å²) >= 11 is 0. The number of allylic oxidation sites excluding steroid dienone is 13. The van der Waals surface area contributed by atoms with Crippen molar-refractivity contribution in [1.82, 2.24) is 0 Å². The number of aryl methyl sites for hydroxylation is 1. The summed E-state index contributed by atoms with van der Waals surface area (Å²) in [4.78, 5) is 0. The molecule has 0 spiro atoms. The van der Waals surface area contributed by atoms with Gasteiger partial charge in [-0.2, -0.15) is 0 Å². The third-order valence-electron chi connectivity index (χ3n) is 10.7. The van der Waals surface area contributed by atoms with Crippen LogP contribution in [0.4, 0.5) is 0 Å². The molecule has 0 atom stereocenters. The molecule has 6 aromatic carbocycles. The fourth-order valence-corrected chi connectivity index (χ4v) is 7.60. The maximum atomic E-state index is 6.51. The zero-order valence-corrected chi connectivity index (χ0v) is 35.7. The van der Waals surface area contributed by atoms with Crippen LogP contribution in [-0.4, -0.2) is 0 Å². The van der Waals surface area contributed by atoms with Crippen LogP contribution < -0.4 is 5.73 Å². The SMILES string of the molecule is C=C/C=C(\C=C/C)c1ccc(C(/C=C(\N)C2=CCCC=C2)=C/Cc2cccc(C)c2)cc1.C=CC=C.c1ccc(-c2ccc3c(c2)-c2cc(-c4ccccc4)ccc2C3)cc1. The summed E-state index contributed by atoms with van der Waals surface area (Å²) in [5.74, 6) is 0. The number of fused-ring (bicyclic) bond motifs is 3. The minimum Gasteiger partial charge on any atom is -0.398 e. The highest BCUT2D eigenvalue weighted by atomic mass is 14.6. The van der Waals surface area contributed by atoms with Gasteiger partial charge in [0, 0.05) is 5.70 Å². The summed E-state index contributed by atoms with van der Waals surface area (Å²) in [6, 6.07) is 52.4. The second-order valence-corrected chi connectivity index (χ2v) is 15.2. The Bertz CT molecular complexity index is 2530. The van der Waals surface area contributed by atoms with Gasteiger partial charge in [0.1, 0.15) is 0 Å². The van der Waals surface area contributed by atoms with Gasteiger partial charge in [0.15, 0.2) is 0 Å². The number of hydrogen-bond donors (Lipinski definition) is 1. The van der Waals surface area contributed by atoms with Crippen LogP contribution in [-0.2, 0) is 12.8 Å². The lowest BCUT2D eigenvalue weighted by Gasteiger charge is -2.11. The predicted molar refractivity (Wildman–Crippen MR) is 267 cm³/mol. The molecule has 0 fully saturated rings. The number of benzene rings is 6. The van der Waals surface area contributed by atoms with Gasteiger partial charge in [-0.25, -0.2) is 0 Å². The van der Waals surface area contributed by atoms with Crippen molar-refractivity contribution in [2.75, 3.05) is 0 Å². The Morgan fingerprint density at radius 3 is 1.70 bits per heavy atom. The van der Waals surface area contributed by atoms with E-state index >= 15 is 0 Å². The normalized spacial score (nSPS) is 13.1. The van der Waals surface area contributed by atoms with E-state index in [1.165, 1.54) is 61.2 Å². The largest absolute Gasteiger partial charge is 0.398 e. The van der Waals surface area contributed by atoms with E-state index in [0.29, 0.717) is 0 Å². The van der Waals surface area contributed by atoms with Gasteiger partial charge in [0.05, 0.1) is 0 Å². The third-order valence-corrected chi connectivity index (χ3v) is 10.7. The average molecular weight is 792 g/mol. The Hall–Kier alpha value is -7.22. The molecule has 2 aliphatic carbocycles. The predicted octanol–water partition coefficient (Wildman–Crippen LogP) is 15.8. The smallest absolute Gasteiger partial charge is 0.0390 e. The summed E-state index contributed by atoms with van der Waals surface area (Å²) in [6.07, 6.45) is 26.2. The molecule has 0 aliphatic heterocycles. The van der Waals surface area contributed by atoms with E-state index in [2.05, 4.69) is 209 Å². The third kappa shape index (κ3) is 11.9. The van der Waals surface area contributed by atoms with Gasteiger partial charge in [-0.1, -0.05) is 220 Å². The molecule has 6 aromatic rings. The van der Waals surface area contributed by atoms with E-state index in [0.717, 1.165) is 53.7 Å². The Kier molecular flexibility index (Phi) is 15.8. The molecule has 0 amide bonds. The number of hydrogen-bond acceptors (Lipinski definition) is 1. The average Bonchev–Trinajstić information content (AvgIpc) is 3.69. The van der Waals surface area contributed by atoms with Crippen molar-refractivity contribution in [3.63, 3.8) is 0 Å². The first-order chi connectivity index (χ1) is 29.9. The lowest BCUT2D eigenvalue weighted by atomic mass is 9.96. The molecule has 0 heterocycles. The Labute approximate surface area is 365 Å².